The summed E-state index contributed by atoms with van der Waals surface area (Å²) in [6.07, 6.45) is 0. The first-order valence-electron chi connectivity index (χ1n) is 5.96. The molecule has 0 heterocycles. The molecule has 104 valence electrons. The van der Waals surface area contributed by atoms with Crippen LogP contribution in [-0.4, -0.2) is 23.0 Å². The van der Waals surface area contributed by atoms with Gasteiger partial charge in [0.15, 0.2) is 0 Å². The third-order valence-electron chi connectivity index (χ3n) is 2.84. The predicted molar refractivity (Wildman–Crippen MR) is 70.3 cm³/mol. The monoisotopic (exact) mass is 277 g/mol. The van der Waals surface area contributed by atoms with Crippen molar-refractivity contribution >= 4 is 5.91 Å². The number of benzene rings is 2. The first-order valence-corrected chi connectivity index (χ1v) is 5.96. The lowest BCUT2D eigenvalue weighted by atomic mass is 10.1. The average Bonchev–Trinajstić information content (AvgIpc) is 2.38. The van der Waals surface area contributed by atoms with E-state index in [0.29, 0.717) is 5.56 Å². The number of phenolic OH excluding ortho intramolecular Hbond substituents is 1. The largest absolute Gasteiger partial charge is 0.508 e. The normalized spacial score (nSPS) is 10.3. The van der Waals surface area contributed by atoms with Gasteiger partial charge in [0.25, 0.3) is 5.91 Å². The Kier molecular flexibility index (Phi) is 3.98. The molecule has 0 spiro atoms. The number of nitrogens with zero attached hydrogens (tertiary/aromatic N) is 1. The molecule has 0 aliphatic rings. The molecule has 0 radical (unpaired) electrons. The number of halogens is 2. The molecule has 0 aromatic heterocycles. The Hall–Kier alpha value is -2.43. The zero-order valence-corrected chi connectivity index (χ0v) is 10.8. The van der Waals surface area contributed by atoms with Crippen LogP contribution in [0.1, 0.15) is 15.9 Å². The van der Waals surface area contributed by atoms with Crippen molar-refractivity contribution < 1.29 is 18.7 Å². The molecular formula is C15H13F2NO2. The Labute approximate surface area is 115 Å². The Morgan fingerprint density at radius 2 is 1.95 bits per heavy atom. The van der Waals surface area contributed by atoms with Crippen LogP contribution in [0.3, 0.4) is 0 Å². The van der Waals surface area contributed by atoms with Gasteiger partial charge in [-0.1, -0.05) is 12.1 Å². The minimum absolute atomic E-state index is 0.137. The molecule has 0 atom stereocenters. The van der Waals surface area contributed by atoms with E-state index in [1.54, 1.807) is 12.1 Å². The molecule has 1 amide bonds. The lowest BCUT2D eigenvalue weighted by Crippen LogP contribution is -2.27. The van der Waals surface area contributed by atoms with Crippen LogP contribution < -0.4 is 0 Å². The molecule has 1 N–H and O–H groups in total. The lowest BCUT2D eigenvalue weighted by molar-refractivity contribution is 0.0780. The van der Waals surface area contributed by atoms with E-state index in [0.717, 1.165) is 6.07 Å². The van der Waals surface area contributed by atoms with E-state index in [2.05, 4.69) is 0 Å². The van der Waals surface area contributed by atoms with E-state index in [1.165, 1.54) is 36.2 Å². The first kappa shape index (κ1) is 14.0. The number of hydrogen-bond donors (Lipinski definition) is 1. The van der Waals surface area contributed by atoms with Gasteiger partial charge in [-0.05, 0) is 29.8 Å². The van der Waals surface area contributed by atoms with Crippen LogP contribution in [0.5, 0.6) is 5.75 Å². The lowest BCUT2D eigenvalue weighted by Gasteiger charge is -2.17. The third-order valence-corrected chi connectivity index (χ3v) is 2.84. The van der Waals surface area contributed by atoms with Crippen molar-refractivity contribution in [2.75, 3.05) is 7.05 Å². The molecule has 0 bridgehead atoms. The molecule has 0 aliphatic heterocycles. The van der Waals surface area contributed by atoms with Gasteiger partial charge in [-0.15, -0.1) is 0 Å². The summed E-state index contributed by atoms with van der Waals surface area (Å²) < 4.78 is 26.7. The van der Waals surface area contributed by atoms with Crippen LogP contribution in [0.2, 0.25) is 0 Å². The molecule has 0 saturated carbocycles. The van der Waals surface area contributed by atoms with E-state index < -0.39 is 11.7 Å². The Bertz CT molecular complexity index is 644. The molecule has 0 fully saturated rings. The first-order chi connectivity index (χ1) is 9.47. The molecular weight excluding hydrogens is 264 g/mol. The highest BCUT2D eigenvalue weighted by Crippen LogP contribution is 2.17. The SMILES string of the molecule is CN(Cc1cccc(F)c1)C(=O)c1ccc(O)cc1F. The van der Waals surface area contributed by atoms with Gasteiger partial charge in [-0.3, -0.25) is 4.79 Å². The van der Waals surface area contributed by atoms with Crippen molar-refractivity contribution in [3.8, 4) is 5.75 Å². The van der Waals surface area contributed by atoms with Gasteiger partial charge in [-0.25, -0.2) is 8.78 Å². The number of carbonyl (C=O) groups excluding carboxylic acids is 1. The maximum absolute atomic E-state index is 13.6. The van der Waals surface area contributed by atoms with Gasteiger partial charge < -0.3 is 10.0 Å². The standard InChI is InChI=1S/C15H13F2NO2/c1-18(9-10-3-2-4-11(16)7-10)15(20)13-6-5-12(19)8-14(13)17/h2-8,19H,9H2,1H3. The molecule has 2 rings (SSSR count). The van der Waals surface area contributed by atoms with Crippen molar-refractivity contribution in [3.63, 3.8) is 0 Å². The van der Waals surface area contributed by atoms with Crippen molar-refractivity contribution in [1.82, 2.24) is 4.90 Å². The van der Waals surface area contributed by atoms with Crippen LogP contribution in [0.4, 0.5) is 8.78 Å². The molecule has 2 aromatic rings. The van der Waals surface area contributed by atoms with Gasteiger partial charge in [0.1, 0.15) is 17.4 Å². The van der Waals surface area contributed by atoms with E-state index in [9.17, 15) is 13.6 Å². The highest BCUT2D eigenvalue weighted by molar-refractivity contribution is 5.94. The highest BCUT2D eigenvalue weighted by Gasteiger charge is 2.16. The number of hydrogen-bond acceptors (Lipinski definition) is 2. The number of phenols is 1. The van der Waals surface area contributed by atoms with E-state index >= 15 is 0 Å². The summed E-state index contributed by atoms with van der Waals surface area (Å²) in [7, 11) is 1.50. The Balaban J connectivity index is 2.16. The minimum atomic E-state index is -0.791. The average molecular weight is 277 g/mol. The van der Waals surface area contributed by atoms with E-state index in [-0.39, 0.29) is 23.7 Å². The van der Waals surface area contributed by atoms with Crippen LogP contribution in [-0.2, 0) is 6.54 Å². The summed E-state index contributed by atoms with van der Waals surface area (Å²) in [5, 5.41) is 9.12. The summed E-state index contributed by atoms with van der Waals surface area (Å²) in [5.41, 5.74) is 0.474. The van der Waals surface area contributed by atoms with Gasteiger partial charge >= 0.3 is 0 Å². The summed E-state index contributed by atoms with van der Waals surface area (Å²) >= 11 is 0. The zero-order chi connectivity index (χ0) is 14.7. The molecule has 0 saturated heterocycles. The number of amides is 1. The fourth-order valence-electron chi connectivity index (χ4n) is 1.86. The van der Waals surface area contributed by atoms with Gasteiger partial charge in [0.05, 0.1) is 5.56 Å². The second-order valence-electron chi connectivity index (χ2n) is 4.46. The quantitative estimate of drug-likeness (QED) is 0.937. The number of carbonyl (C=O) groups is 1. The zero-order valence-electron chi connectivity index (χ0n) is 10.8. The second-order valence-corrected chi connectivity index (χ2v) is 4.46. The number of aromatic hydroxyl groups is 1. The molecule has 5 heteroatoms. The summed E-state index contributed by atoms with van der Waals surface area (Å²) in [5.74, 6) is -1.96. The summed E-state index contributed by atoms with van der Waals surface area (Å²) in [6.45, 7) is 0.164. The Morgan fingerprint density at radius 3 is 2.60 bits per heavy atom. The maximum Gasteiger partial charge on any atom is 0.256 e. The van der Waals surface area contributed by atoms with Crippen LogP contribution in [0, 0.1) is 11.6 Å². The van der Waals surface area contributed by atoms with Gasteiger partial charge in [0, 0.05) is 19.7 Å². The van der Waals surface area contributed by atoms with Crippen LogP contribution >= 0.6 is 0 Å². The van der Waals surface area contributed by atoms with Crippen molar-refractivity contribution in [2.45, 2.75) is 6.54 Å². The smallest absolute Gasteiger partial charge is 0.256 e. The predicted octanol–water partition coefficient (Wildman–Crippen LogP) is 2.94. The van der Waals surface area contributed by atoms with E-state index in [1.807, 2.05) is 0 Å². The topological polar surface area (TPSA) is 40.5 Å². The molecule has 2 aromatic carbocycles. The second kappa shape index (κ2) is 5.69. The van der Waals surface area contributed by atoms with Gasteiger partial charge in [0.2, 0.25) is 0 Å². The van der Waals surface area contributed by atoms with Crippen LogP contribution in [0.15, 0.2) is 42.5 Å². The molecule has 0 unspecified atom stereocenters. The number of rotatable bonds is 3. The summed E-state index contributed by atoms with van der Waals surface area (Å²) in [6, 6.07) is 9.19. The van der Waals surface area contributed by atoms with Crippen molar-refractivity contribution in [1.29, 1.82) is 0 Å². The molecule has 20 heavy (non-hydrogen) atoms. The van der Waals surface area contributed by atoms with Crippen LogP contribution in [0.25, 0.3) is 0 Å². The maximum atomic E-state index is 13.6. The fraction of sp³-hybridized carbons (Fsp3) is 0.133. The highest BCUT2D eigenvalue weighted by atomic mass is 19.1. The van der Waals surface area contributed by atoms with Gasteiger partial charge in [-0.2, -0.15) is 0 Å². The minimum Gasteiger partial charge on any atom is -0.508 e. The Morgan fingerprint density at radius 1 is 1.20 bits per heavy atom. The van der Waals surface area contributed by atoms with Crippen molar-refractivity contribution in [2.24, 2.45) is 0 Å². The fourth-order valence-corrected chi connectivity index (χ4v) is 1.86. The van der Waals surface area contributed by atoms with E-state index in [4.69, 9.17) is 5.11 Å². The molecule has 0 aliphatic carbocycles. The summed E-state index contributed by atoms with van der Waals surface area (Å²) in [4.78, 5) is 13.4. The molecule has 3 nitrogen and oxygen atoms in total. The third kappa shape index (κ3) is 3.12. The van der Waals surface area contributed by atoms with Crippen molar-refractivity contribution in [3.05, 3.63) is 65.2 Å².